The van der Waals surface area contributed by atoms with Gasteiger partial charge in [0.25, 0.3) is 0 Å². The number of piperidine rings is 1. The van der Waals surface area contributed by atoms with E-state index in [0.29, 0.717) is 6.42 Å². The van der Waals surface area contributed by atoms with Crippen molar-refractivity contribution in [2.75, 3.05) is 25.0 Å². The fourth-order valence-corrected chi connectivity index (χ4v) is 2.41. The van der Waals surface area contributed by atoms with Crippen LogP contribution in [-0.2, 0) is 4.79 Å². The van der Waals surface area contributed by atoms with Crippen LogP contribution in [-0.4, -0.2) is 30.4 Å². The van der Waals surface area contributed by atoms with E-state index >= 15 is 0 Å². The van der Waals surface area contributed by atoms with Crippen LogP contribution in [0.25, 0.3) is 0 Å². The van der Waals surface area contributed by atoms with Crippen molar-refractivity contribution in [3.8, 4) is 0 Å². The van der Waals surface area contributed by atoms with E-state index in [-0.39, 0.29) is 18.3 Å². The molecular weight excluding hydrogens is 272 g/mol. The molecule has 0 aromatic heterocycles. The topological polar surface area (TPSA) is 32.3 Å². The molecule has 1 N–H and O–H groups in total. The number of halogens is 1. The maximum Gasteiger partial charge on any atom is 0.225 e. The van der Waals surface area contributed by atoms with Gasteiger partial charge in [0.15, 0.2) is 0 Å². The highest BCUT2D eigenvalue weighted by atomic mass is 35.5. The first kappa shape index (κ1) is 17.0. The summed E-state index contributed by atoms with van der Waals surface area (Å²) in [4.78, 5) is 14.3. The molecule has 1 amide bonds. The second kappa shape index (κ2) is 8.28. The highest BCUT2D eigenvalue weighted by Crippen LogP contribution is 2.16. The van der Waals surface area contributed by atoms with Gasteiger partial charge in [-0.15, -0.1) is 12.4 Å². The average Bonchev–Trinajstić information content (AvgIpc) is 2.41. The van der Waals surface area contributed by atoms with Crippen LogP contribution in [0.5, 0.6) is 0 Å². The number of nitrogens with one attached hydrogen (secondary N) is 1. The van der Waals surface area contributed by atoms with Gasteiger partial charge >= 0.3 is 0 Å². The highest BCUT2D eigenvalue weighted by molar-refractivity contribution is 5.90. The third-order valence-electron chi connectivity index (χ3n) is 3.87. The van der Waals surface area contributed by atoms with E-state index in [4.69, 9.17) is 0 Å². The molecule has 0 bridgehead atoms. The zero-order valence-corrected chi connectivity index (χ0v) is 13.2. The van der Waals surface area contributed by atoms with Crippen LogP contribution >= 0.6 is 12.4 Å². The Morgan fingerprint density at radius 1 is 1.25 bits per heavy atom. The smallest absolute Gasteiger partial charge is 0.225 e. The van der Waals surface area contributed by atoms with Crippen molar-refractivity contribution in [1.29, 1.82) is 0 Å². The molecule has 0 saturated carbocycles. The Bertz CT molecular complexity index is 411. The number of aryl methyl sites for hydroxylation is 1. The molecule has 1 aromatic carbocycles. The molecule has 0 unspecified atom stereocenters. The standard InChI is InChI=1S/C16H24N2O.ClH/c1-13-3-5-15(6-4-13)17-16(19)9-12-18-10-7-14(2)8-11-18;/h3-6,14H,7-12H2,1-2H3,(H,17,19);1H. The van der Waals surface area contributed by atoms with Gasteiger partial charge in [0, 0.05) is 18.7 Å². The lowest BCUT2D eigenvalue weighted by atomic mass is 9.99. The fraction of sp³-hybridized carbons (Fsp3) is 0.562. The van der Waals surface area contributed by atoms with E-state index < -0.39 is 0 Å². The third kappa shape index (κ3) is 5.51. The molecule has 0 atom stereocenters. The van der Waals surface area contributed by atoms with E-state index in [0.717, 1.165) is 31.2 Å². The molecule has 4 heteroatoms. The lowest BCUT2D eigenvalue weighted by Crippen LogP contribution is -2.35. The minimum Gasteiger partial charge on any atom is -0.326 e. The van der Waals surface area contributed by atoms with Gasteiger partial charge in [-0.1, -0.05) is 24.6 Å². The second-order valence-corrected chi connectivity index (χ2v) is 5.69. The van der Waals surface area contributed by atoms with Crippen LogP contribution in [0, 0.1) is 12.8 Å². The summed E-state index contributed by atoms with van der Waals surface area (Å²) in [5.41, 5.74) is 2.10. The van der Waals surface area contributed by atoms with Crippen LogP contribution in [0.3, 0.4) is 0 Å². The van der Waals surface area contributed by atoms with Crippen LogP contribution in [0.2, 0.25) is 0 Å². The average molecular weight is 297 g/mol. The van der Waals surface area contributed by atoms with Gasteiger partial charge in [0.2, 0.25) is 5.91 Å². The maximum absolute atomic E-state index is 11.9. The monoisotopic (exact) mass is 296 g/mol. The van der Waals surface area contributed by atoms with E-state index in [1.54, 1.807) is 0 Å². The number of nitrogens with zero attached hydrogens (tertiary/aromatic N) is 1. The predicted molar refractivity (Wildman–Crippen MR) is 86.5 cm³/mol. The number of benzene rings is 1. The van der Waals surface area contributed by atoms with E-state index in [1.165, 1.54) is 18.4 Å². The minimum absolute atomic E-state index is 0. The predicted octanol–water partition coefficient (Wildman–Crippen LogP) is 3.48. The summed E-state index contributed by atoms with van der Waals surface area (Å²) in [6.07, 6.45) is 3.11. The molecule has 1 aromatic rings. The zero-order valence-electron chi connectivity index (χ0n) is 12.4. The van der Waals surface area contributed by atoms with Crippen LogP contribution < -0.4 is 5.32 Å². The largest absolute Gasteiger partial charge is 0.326 e. The molecule has 3 nitrogen and oxygen atoms in total. The Morgan fingerprint density at radius 3 is 2.45 bits per heavy atom. The molecule has 1 heterocycles. The van der Waals surface area contributed by atoms with Crippen LogP contribution in [0.1, 0.15) is 31.7 Å². The van der Waals surface area contributed by atoms with Crippen LogP contribution in [0.15, 0.2) is 24.3 Å². The van der Waals surface area contributed by atoms with Gasteiger partial charge in [0.1, 0.15) is 0 Å². The van der Waals surface area contributed by atoms with Gasteiger partial charge in [-0.2, -0.15) is 0 Å². The fourth-order valence-electron chi connectivity index (χ4n) is 2.41. The Kier molecular flexibility index (Phi) is 7.03. The third-order valence-corrected chi connectivity index (χ3v) is 3.87. The molecular formula is C16H25ClN2O. The molecule has 0 aliphatic carbocycles. The molecule has 20 heavy (non-hydrogen) atoms. The maximum atomic E-state index is 11.9. The number of hydrogen-bond donors (Lipinski definition) is 1. The first-order valence-electron chi connectivity index (χ1n) is 7.22. The molecule has 2 rings (SSSR count). The number of carbonyl (C=O) groups is 1. The quantitative estimate of drug-likeness (QED) is 0.922. The Balaban J connectivity index is 0.00000200. The number of anilines is 1. The second-order valence-electron chi connectivity index (χ2n) is 5.69. The number of amides is 1. The Morgan fingerprint density at radius 2 is 1.85 bits per heavy atom. The van der Waals surface area contributed by atoms with Gasteiger partial charge in [0.05, 0.1) is 0 Å². The summed E-state index contributed by atoms with van der Waals surface area (Å²) in [6.45, 7) is 7.51. The minimum atomic E-state index is 0. The van der Waals surface area contributed by atoms with Gasteiger partial charge in [-0.3, -0.25) is 4.79 Å². The van der Waals surface area contributed by atoms with Crippen molar-refractivity contribution in [3.63, 3.8) is 0 Å². The van der Waals surface area contributed by atoms with E-state index in [1.807, 2.05) is 31.2 Å². The van der Waals surface area contributed by atoms with Crippen molar-refractivity contribution in [2.45, 2.75) is 33.1 Å². The van der Waals surface area contributed by atoms with Crippen LogP contribution in [0.4, 0.5) is 5.69 Å². The summed E-state index contributed by atoms with van der Waals surface area (Å²) < 4.78 is 0. The van der Waals surface area contributed by atoms with E-state index in [2.05, 4.69) is 17.1 Å². The van der Waals surface area contributed by atoms with Gasteiger partial charge in [-0.25, -0.2) is 0 Å². The molecule has 1 aliphatic heterocycles. The van der Waals surface area contributed by atoms with Crippen molar-refractivity contribution in [3.05, 3.63) is 29.8 Å². The number of rotatable bonds is 4. The summed E-state index contributed by atoms with van der Waals surface area (Å²) in [5, 5.41) is 2.95. The molecule has 0 radical (unpaired) electrons. The number of likely N-dealkylation sites (tertiary alicyclic amines) is 1. The number of carbonyl (C=O) groups excluding carboxylic acids is 1. The van der Waals surface area contributed by atoms with Crippen molar-refractivity contribution in [2.24, 2.45) is 5.92 Å². The van der Waals surface area contributed by atoms with Gasteiger partial charge in [-0.05, 0) is 50.9 Å². The number of hydrogen-bond acceptors (Lipinski definition) is 2. The molecule has 1 saturated heterocycles. The molecule has 1 aliphatic rings. The highest BCUT2D eigenvalue weighted by Gasteiger charge is 2.16. The summed E-state index contributed by atoms with van der Waals surface area (Å²) >= 11 is 0. The first-order chi connectivity index (χ1) is 9.13. The lowest BCUT2D eigenvalue weighted by molar-refractivity contribution is -0.116. The summed E-state index contributed by atoms with van der Waals surface area (Å²) in [7, 11) is 0. The molecule has 1 fully saturated rings. The summed E-state index contributed by atoms with van der Waals surface area (Å²) in [6, 6.07) is 7.94. The Hall–Kier alpha value is -1.06. The van der Waals surface area contributed by atoms with Crippen molar-refractivity contribution in [1.82, 2.24) is 4.90 Å². The van der Waals surface area contributed by atoms with E-state index in [9.17, 15) is 4.79 Å². The Labute approximate surface area is 128 Å². The van der Waals surface area contributed by atoms with Crippen molar-refractivity contribution < 1.29 is 4.79 Å². The SMILES string of the molecule is Cc1ccc(NC(=O)CCN2CCC(C)CC2)cc1.Cl. The molecule has 0 spiro atoms. The van der Waals surface area contributed by atoms with Crippen molar-refractivity contribution >= 4 is 24.0 Å². The first-order valence-corrected chi connectivity index (χ1v) is 7.22. The lowest BCUT2D eigenvalue weighted by Gasteiger charge is -2.29. The van der Waals surface area contributed by atoms with Gasteiger partial charge < -0.3 is 10.2 Å². The normalized spacial score (nSPS) is 16.5. The molecule has 112 valence electrons. The summed E-state index contributed by atoms with van der Waals surface area (Å²) in [5.74, 6) is 0.958. The zero-order chi connectivity index (χ0) is 13.7.